The lowest BCUT2D eigenvalue weighted by Gasteiger charge is -2.22. The van der Waals surface area contributed by atoms with Crippen LogP contribution in [0.1, 0.15) is 175 Å². The van der Waals surface area contributed by atoms with Crippen molar-refractivity contribution < 1.29 is 42.2 Å². The van der Waals surface area contributed by atoms with Crippen LogP contribution in [0.5, 0.6) is 0 Å². The van der Waals surface area contributed by atoms with Gasteiger partial charge >= 0.3 is 19.5 Å². The number of unbranched alkanes of at least 4 members (excludes halogenated alkanes) is 16. The Kier molecular flexibility index (Phi) is 30.9. The Morgan fingerprint density at radius 1 is 0.704 bits per heavy atom. The van der Waals surface area contributed by atoms with Crippen LogP contribution >= 0.6 is 19.4 Å². The number of amides is 1. The van der Waals surface area contributed by atoms with Crippen molar-refractivity contribution in [1.29, 1.82) is 0 Å². The molecule has 2 atom stereocenters. The van der Waals surface area contributed by atoms with E-state index in [4.69, 9.17) is 29.0 Å². The monoisotopic (exact) mass is 807 g/mol. The molecule has 0 spiro atoms. The number of nitrogens with one attached hydrogen (secondary N) is 1. The van der Waals surface area contributed by atoms with E-state index in [1.165, 1.54) is 88.8 Å². The smallest absolute Gasteiger partial charge is 0.330 e. The van der Waals surface area contributed by atoms with Gasteiger partial charge in [0.15, 0.2) is 0 Å². The molecular formula is C41H79N2O9PS. The van der Waals surface area contributed by atoms with Crippen LogP contribution < -0.4 is 11.1 Å². The lowest BCUT2D eigenvalue weighted by Crippen LogP contribution is -2.49. The maximum atomic E-state index is 13.0. The fraction of sp³-hybridized carbons (Fsp3) is 0.927. The van der Waals surface area contributed by atoms with E-state index in [0.717, 1.165) is 51.4 Å². The summed E-state index contributed by atoms with van der Waals surface area (Å²) in [7, 11) is -3.10. The molecule has 0 bridgehead atoms. The van der Waals surface area contributed by atoms with Crippen molar-refractivity contribution in [2.24, 2.45) is 5.73 Å². The minimum atomic E-state index is -3.10. The predicted octanol–water partition coefficient (Wildman–Crippen LogP) is 9.67. The summed E-state index contributed by atoms with van der Waals surface area (Å²) in [6.07, 6.45) is 23.5. The first kappa shape index (κ1) is 50.8. The molecule has 1 amide bonds. The van der Waals surface area contributed by atoms with Crippen LogP contribution in [0, 0.1) is 0 Å². The van der Waals surface area contributed by atoms with Gasteiger partial charge in [0.25, 0.3) is 0 Å². The largest absolute Gasteiger partial charge is 0.462 e. The van der Waals surface area contributed by atoms with Crippen molar-refractivity contribution in [1.82, 2.24) is 5.32 Å². The minimum absolute atomic E-state index is 0.000754. The third-order valence-corrected chi connectivity index (χ3v) is 13.0. The second-order valence-electron chi connectivity index (χ2n) is 14.9. The molecule has 0 aromatic carbocycles. The van der Waals surface area contributed by atoms with Crippen LogP contribution in [-0.4, -0.2) is 86.2 Å². The normalized spacial score (nSPS) is 14.8. The van der Waals surface area contributed by atoms with Gasteiger partial charge in [-0.1, -0.05) is 117 Å². The summed E-state index contributed by atoms with van der Waals surface area (Å²) in [4.78, 5) is 38.3. The Morgan fingerprint density at radius 3 is 1.70 bits per heavy atom. The van der Waals surface area contributed by atoms with Gasteiger partial charge in [-0.15, -0.1) is 0 Å². The number of rotatable bonds is 39. The minimum Gasteiger partial charge on any atom is -0.462 e. The number of ether oxygens (including phenoxy) is 3. The van der Waals surface area contributed by atoms with E-state index in [-0.39, 0.29) is 30.6 Å². The van der Waals surface area contributed by atoms with E-state index < -0.39 is 25.3 Å². The number of carbonyl (C=O) groups is 3. The molecule has 1 aliphatic carbocycles. The lowest BCUT2D eigenvalue weighted by molar-refractivity contribution is -0.157. The molecule has 0 aromatic rings. The number of thioether (sulfide) groups is 1. The van der Waals surface area contributed by atoms with Gasteiger partial charge in [-0.05, 0) is 46.0 Å². The third-order valence-electron chi connectivity index (χ3n) is 9.63. The highest BCUT2D eigenvalue weighted by atomic mass is 32.2. The number of esters is 2. The van der Waals surface area contributed by atoms with Gasteiger partial charge in [0.2, 0.25) is 5.91 Å². The van der Waals surface area contributed by atoms with Gasteiger partial charge in [0.05, 0.1) is 37.6 Å². The summed E-state index contributed by atoms with van der Waals surface area (Å²) < 4.78 is 40.5. The predicted molar refractivity (Wildman–Crippen MR) is 221 cm³/mol. The second-order valence-corrected chi connectivity index (χ2v) is 18.2. The molecule has 0 aliphatic heterocycles. The van der Waals surface area contributed by atoms with Gasteiger partial charge in [-0.3, -0.25) is 18.9 Å². The SMILES string of the molecule is CCCCCCCCCCCC(=O)OC[C@H](CSC[C@H](N)C(=O)NC1(COCCCP(=O)(OCC)OCC)CC1)OC(=O)CCCCCCCCCCC. The highest BCUT2D eigenvalue weighted by molar-refractivity contribution is 7.99. The van der Waals surface area contributed by atoms with Crippen molar-refractivity contribution in [2.75, 3.05) is 50.7 Å². The maximum Gasteiger partial charge on any atom is 0.330 e. The molecule has 1 fully saturated rings. The van der Waals surface area contributed by atoms with Gasteiger partial charge in [0, 0.05) is 31.0 Å². The van der Waals surface area contributed by atoms with E-state index in [0.29, 0.717) is 57.2 Å². The van der Waals surface area contributed by atoms with Crippen LogP contribution in [0.4, 0.5) is 0 Å². The first-order valence-corrected chi connectivity index (χ1v) is 24.5. The van der Waals surface area contributed by atoms with Crippen LogP contribution in [0.25, 0.3) is 0 Å². The zero-order valence-corrected chi connectivity index (χ0v) is 36.4. The molecule has 318 valence electrons. The Balaban J connectivity index is 2.47. The summed E-state index contributed by atoms with van der Waals surface area (Å²) in [6, 6.07) is -0.761. The number of nitrogens with two attached hydrogens (primary N) is 1. The molecule has 3 N–H and O–H groups in total. The Bertz CT molecular complexity index is 1010. The lowest BCUT2D eigenvalue weighted by atomic mass is 10.1. The van der Waals surface area contributed by atoms with E-state index in [2.05, 4.69) is 19.2 Å². The standard InChI is InChI=1S/C41H79N2O9PS/c1-5-9-11-13-15-17-19-21-23-26-38(44)49-32-36(52-39(45)27-24-22-20-18-16-14-12-10-6-2)33-54-34-37(42)40(46)43-41(28-29-41)35-48-30-25-31-53(47,50-7-3)51-8-4/h36-37H,5-35,42H2,1-4H3,(H,43,46)/t36-,37+/m1/s1. The van der Waals surface area contributed by atoms with E-state index in [1.54, 1.807) is 13.8 Å². The van der Waals surface area contributed by atoms with Gasteiger partial charge < -0.3 is 34.3 Å². The first-order valence-electron chi connectivity index (χ1n) is 21.6. The summed E-state index contributed by atoms with van der Waals surface area (Å²) in [5, 5.41) is 3.06. The van der Waals surface area contributed by atoms with Crippen molar-refractivity contribution >= 4 is 37.2 Å². The highest BCUT2D eigenvalue weighted by Gasteiger charge is 2.45. The quantitative estimate of drug-likeness (QED) is 0.0347. The van der Waals surface area contributed by atoms with E-state index in [1.807, 2.05) is 0 Å². The molecule has 11 nitrogen and oxygen atoms in total. The van der Waals surface area contributed by atoms with Crippen LogP contribution in [-0.2, 0) is 42.2 Å². The topological polar surface area (TPSA) is 152 Å². The fourth-order valence-electron chi connectivity index (χ4n) is 6.18. The summed E-state index contributed by atoms with van der Waals surface area (Å²) >= 11 is 1.41. The van der Waals surface area contributed by atoms with E-state index >= 15 is 0 Å². The molecule has 1 saturated carbocycles. The molecular weight excluding hydrogens is 727 g/mol. The molecule has 0 radical (unpaired) electrons. The number of hydrogen-bond donors (Lipinski definition) is 2. The molecule has 13 heteroatoms. The van der Waals surface area contributed by atoms with E-state index in [9.17, 15) is 18.9 Å². The second kappa shape index (κ2) is 32.9. The van der Waals surface area contributed by atoms with Crippen LogP contribution in [0.2, 0.25) is 0 Å². The Hall–Kier alpha value is -1.17. The fourth-order valence-corrected chi connectivity index (χ4v) is 8.78. The average Bonchev–Trinajstić information content (AvgIpc) is 3.91. The van der Waals surface area contributed by atoms with Crippen LogP contribution in [0.3, 0.4) is 0 Å². The molecule has 54 heavy (non-hydrogen) atoms. The zero-order valence-electron chi connectivity index (χ0n) is 34.7. The maximum absolute atomic E-state index is 13.0. The van der Waals surface area contributed by atoms with Crippen molar-refractivity contribution in [2.45, 2.75) is 193 Å². The third kappa shape index (κ3) is 27.4. The van der Waals surface area contributed by atoms with Crippen molar-refractivity contribution in [3.05, 3.63) is 0 Å². The number of carbonyl (C=O) groups excluding carboxylic acids is 3. The molecule has 0 unspecified atom stereocenters. The first-order chi connectivity index (χ1) is 26.1. The van der Waals surface area contributed by atoms with Gasteiger partial charge in [-0.25, -0.2) is 0 Å². The summed E-state index contributed by atoms with van der Waals surface area (Å²) in [5.74, 6) is -0.112. The summed E-state index contributed by atoms with van der Waals surface area (Å²) in [5.41, 5.74) is 5.84. The van der Waals surface area contributed by atoms with Crippen molar-refractivity contribution in [3.63, 3.8) is 0 Å². The average molecular weight is 807 g/mol. The van der Waals surface area contributed by atoms with Gasteiger partial charge in [-0.2, -0.15) is 11.8 Å². The molecule has 0 heterocycles. The molecule has 1 aliphatic rings. The molecule has 1 rings (SSSR count). The summed E-state index contributed by atoms with van der Waals surface area (Å²) in [6.45, 7) is 9.40. The zero-order chi connectivity index (χ0) is 39.8. The Morgan fingerprint density at radius 2 is 1.20 bits per heavy atom. The number of hydrogen-bond acceptors (Lipinski definition) is 11. The van der Waals surface area contributed by atoms with Crippen molar-refractivity contribution in [3.8, 4) is 0 Å². The van der Waals surface area contributed by atoms with Crippen LogP contribution in [0.15, 0.2) is 0 Å². The highest BCUT2D eigenvalue weighted by Crippen LogP contribution is 2.48. The molecule has 0 aromatic heterocycles. The van der Waals surface area contributed by atoms with Gasteiger partial charge in [0.1, 0.15) is 12.7 Å². The molecule has 0 saturated heterocycles. The Labute approximate surface area is 333 Å².